The largest absolute Gasteiger partial charge is 0.331 e. The Morgan fingerprint density at radius 2 is 1.87 bits per heavy atom. The first-order valence-corrected chi connectivity index (χ1v) is 10.9. The summed E-state index contributed by atoms with van der Waals surface area (Å²) in [6, 6.07) is 11.1. The topological polar surface area (TPSA) is 59.3 Å². The number of thioether (sulfide) groups is 1. The molecule has 154 valence electrons. The van der Waals surface area contributed by atoms with Crippen molar-refractivity contribution in [1.82, 2.24) is 14.9 Å². The van der Waals surface area contributed by atoms with E-state index in [0.29, 0.717) is 25.8 Å². The lowest BCUT2D eigenvalue weighted by Gasteiger charge is -2.17. The molecule has 0 aliphatic carbocycles. The molecule has 0 saturated carbocycles. The summed E-state index contributed by atoms with van der Waals surface area (Å²) >= 11 is 13.6. The highest BCUT2D eigenvalue weighted by atomic mass is 35.5. The van der Waals surface area contributed by atoms with Gasteiger partial charge in [-0.05, 0) is 47.7 Å². The summed E-state index contributed by atoms with van der Waals surface area (Å²) in [6.45, 7) is 6.42. The number of aryl methyl sites for hydroxylation is 1. The Balaban J connectivity index is 1.67. The molecule has 1 saturated heterocycles. The fourth-order valence-corrected chi connectivity index (χ4v) is 4.61. The van der Waals surface area contributed by atoms with Crippen molar-refractivity contribution in [2.75, 3.05) is 0 Å². The molecule has 2 heterocycles. The molecular weight excluding hydrogens is 439 g/mol. The average molecular weight is 459 g/mol. The van der Waals surface area contributed by atoms with Crippen LogP contribution in [0.25, 0.3) is 17.1 Å². The number of benzene rings is 2. The second-order valence-electron chi connectivity index (χ2n) is 8.04. The van der Waals surface area contributed by atoms with Crippen LogP contribution in [0.3, 0.4) is 0 Å². The number of hydrogen-bond acceptors (Lipinski definition) is 4. The van der Waals surface area contributed by atoms with Crippen molar-refractivity contribution in [3.8, 4) is 0 Å². The van der Waals surface area contributed by atoms with Crippen molar-refractivity contribution in [3.63, 3.8) is 0 Å². The molecule has 1 N–H and O–H groups in total. The van der Waals surface area contributed by atoms with Crippen LogP contribution in [0.2, 0.25) is 10.0 Å². The lowest BCUT2D eigenvalue weighted by atomic mass is 9.96. The molecule has 0 bridgehead atoms. The minimum absolute atomic E-state index is 0.0566. The van der Waals surface area contributed by atoms with Gasteiger partial charge in [-0.25, -0.2) is 9.98 Å². The van der Waals surface area contributed by atoms with Gasteiger partial charge in [0.25, 0.3) is 5.91 Å². The van der Waals surface area contributed by atoms with E-state index in [1.807, 2.05) is 31.3 Å². The molecule has 1 fully saturated rings. The maximum Gasteiger partial charge on any atom is 0.264 e. The number of aliphatic imine (C=N–C) groups is 1. The van der Waals surface area contributed by atoms with Crippen LogP contribution in [0, 0.1) is 0 Å². The first-order chi connectivity index (χ1) is 14.1. The van der Waals surface area contributed by atoms with E-state index >= 15 is 0 Å². The third kappa shape index (κ3) is 4.00. The molecule has 1 amide bonds. The number of halogens is 2. The summed E-state index contributed by atoms with van der Waals surface area (Å²) in [4.78, 5) is 22.2. The van der Waals surface area contributed by atoms with E-state index in [2.05, 4.69) is 35.6 Å². The molecular formula is C22H20Cl2N4OS. The molecule has 8 heteroatoms. The number of amides is 1. The number of fused-ring (bicyclic) bond motifs is 1. The van der Waals surface area contributed by atoms with Crippen molar-refractivity contribution in [1.29, 1.82) is 0 Å². The van der Waals surface area contributed by atoms with Crippen LogP contribution in [-0.2, 0) is 17.3 Å². The molecule has 0 radical (unpaired) electrons. The highest BCUT2D eigenvalue weighted by Crippen LogP contribution is 2.36. The zero-order valence-electron chi connectivity index (χ0n) is 17.0. The number of carbonyl (C=O) groups excluding carboxylic acids is 1. The molecule has 0 spiro atoms. The second-order valence-corrected chi connectivity index (χ2v) is 9.89. The Kier molecular flexibility index (Phi) is 5.43. The van der Waals surface area contributed by atoms with Gasteiger partial charge in [0, 0.05) is 12.5 Å². The predicted molar refractivity (Wildman–Crippen MR) is 127 cm³/mol. The monoisotopic (exact) mass is 458 g/mol. The number of nitrogens with one attached hydrogen (secondary N) is 1. The summed E-state index contributed by atoms with van der Waals surface area (Å²) < 4.78 is 2.10. The van der Waals surface area contributed by atoms with Gasteiger partial charge in [0.1, 0.15) is 11.5 Å². The average Bonchev–Trinajstić information content (AvgIpc) is 3.18. The molecule has 1 aliphatic rings. The molecule has 30 heavy (non-hydrogen) atoms. The highest BCUT2D eigenvalue weighted by Gasteiger charge is 2.25. The van der Waals surface area contributed by atoms with Crippen molar-refractivity contribution < 1.29 is 4.79 Å². The molecule has 1 aliphatic heterocycles. The highest BCUT2D eigenvalue weighted by molar-refractivity contribution is 8.18. The van der Waals surface area contributed by atoms with E-state index in [9.17, 15) is 4.79 Å². The van der Waals surface area contributed by atoms with Crippen LogP contribution >= 0.6 is 35.0 Å². The lowest BCUT2D eigenvalue weighted by Crippen LogP contribution is -2.19. The quantitative estimate of drug-likeness (QED) is 0.474. The first kappa shape index (κ1) is 21.0. The minimum Gasteiger partial charge on any atom is -0.331 e. The van der Waals surface area contributed by atoms with Gasteiger partial charge in [-0.15, -0.1) is 0 Å². The van der Waals surface area contributed by atoms with Crippen molar-refractivity contribution in [3.05, 3.63) is 62.7 Å². The molecule has 0 unspecified atom stereocenters. The van der Waals surface area contributed by atoms with E-state index in [0.717, 1.165) is 22.4 Å². The third-order valence-corrected chi connectivity index (χ3v) is 6.20. The zero-order chi connectivity index (χ0) is 21.6. The van der Waals surface area contributed by atoms with Crippen LogP contribution in [0.15, 0.2) is 46.3 Å². The lowest BCUT2D eigenvalue weighted by molar-refractivity contribution is -0.115. The number of carbonyl (C=O) groups is 1. The van der Waals surface area contributed by atoms with E-state index < -0.39 is 0 Å². The summed E-state index contributed by atoms with van der Waals surface area (Å²) in [7, 11) is 2.02. The van der Waals surface area contributed by atoms with Gasteiger partial charge in [0.05, 0.1) is 26.0 Å². The fourth-order valence-electron chi connectivity index (χ4n) is 3.30. The fraction of sp³-hybridized carbons (Fsp3) is 0.227. The van der Waals surface area contributed by atoms with Crippen molar-refractivity contribution in [2.24, 2.45) is 12.0 Å². The number of para-hydroxylation sites is 1. The Labute approximate surface area is 189 Å². The number of amidine groups is 1. The SMILES string of the molecule is Cn1c(C(C)(C)C)nc2ccc(/C=C3\SC(=Nc4c(Cl)cccc4Cl)NC3=O)cc21. The number of imidazole rings is 1. The third-order valence-electron chi connectivity index (χ3n) is 4.68. The van der Waals surface area contributed by atoms with Gasteiger partial charge < -0.3 is 9.88 Å². The summed E-state index contributed by atoms with van der Waals surface area (Å²) in [5, 5.41) is 4.07. The Morgan fingerprint density at radius 3 is 2.53 bits per heavy atom. The van der Waals surface area contributed by atoms with Gasteiger partial charge in [-0.2, -0.15) is 0 Å². The first-order valence-electron chi connectivity index (χ1n) is 9.34. The second kappa shape index (κ2) is 7.76. The van der Waals surface area contributed by atoms with Crippen LogP contribution in [-0.4, -0.2) is 20.6 Å². The van der Waals surface area contributed by atoms with Gasteiger partial charge in [0.15, 0.2) is 5.17 Å². The van der Waals surface area contributed by atoms with E-state index in [1.165, 1.54) is 11.8 Å². The molecule has 2 aromatic carbocycles. The van der Waals surface area contributed by atoms with Crippen molar-refractivity contribution in [2.45, 2.75) is 26.2 Å². The minimum atomic E-state index is -0.206. The Hall–Kier alpha value is -2.28. The standard InChI is InChI=1S/C22H20Cl2N4OS/c1-22(2,3)20-25-15-9-8-12(10-16(15)28(20)4)11-17-19(29)27-21(30-17)26-18-13(23)6-5-7-14(18)24/h5-11H,1-4H3,(H,26,27,29)/b17-11-. The van der Waals surface area contributed by atoms with Crippen LogP contribution in [0.4, 0.5) is 5.69 Å². The van der Waals surface area contributed by atoms with Crippen LogP contribution in [0.1, 0.15) is 32.2 Å². The predicted octanol–water partition coefficient (Wildman–Crippen LogP) is 6.07. The van der Waals surface area contributed by atoms with Crippen molar-refractivity contribution >= 4 is 68.8 Å². The number of aromatic nitrogens is 2. The zero-order valence-corrected chi connectivity index (χ0v) is 19.3. The van der Waals surface area contributed by atoms with E-state index in [-0.39, 0.29) is 11.3 Å². The Morgan fingerprint density at radius 1 is 1.17 bits per heavy atom. The summed E-state index contributed by atoms with van der Waals surface area (Å²) in [5.74, 6) is 0.809. The van der Waals surface area contributed by atoms with Gasteiger partial charge in [-0.1, -0.05) is 56.1 Å². The van der Waals surface area contributed by atoms with E-state index in [4.69, 9.17) is 28.2 Å². The molecule has 5 nitrogen and oxygen atoms in total. The molecule has 3 aromatic rings. The normalized spacial score (nSPS) is 17.3. The number of hydrogen-bond donors (Lipinski definition) is 1. The van der Waals surface area contributed by atoms with Crippen LogP contribution < -0.4 is 5.32 Å². The number of rotatable bonds is 2. The van der Waals surface area contributed by atoms with Gasteiger partial charge >= 0.3 is 0 Å². The van der Waals surface area contributed by atoms with E-state index in [1.54, 1.807) is 18.2 Å². The molecule has 4 rings (SSSR count). The van der Waals surface area contributed by atoms with Crippen LogP contribution in [0.5, 0.6) is 0 Å². The van der Waals surface area contributed by atoms with Gasteiger partial charge in [0.2, 0.25) is 0 Å². The molecule has 0 atom stereocenters. The Bertz CT molecular complexity index is 1220. The maximum atomic E-state index is 12.5. The smallest absolute Gasteiger partial charge is 0.264 e. The van der Waals surface area contributed by atoms with Gasteiger partial charge in [-0.3, -0.25) is 4.79 Å². The molecule has 1 aromatic heterocycles. The maximum absolute atomic E-state index is 12.5. The summed E-state index contributed by atoms with van der Waals surface area (Å²) in [5.41, 5.74) is 3.26. The number of nitrogens with zero attached hydrogens (tertiary/aromatic N) is 3. The summed E-state index contributed by atoms with van der Waals surface area (Å²) in [6.07, 6.45) is 1.85.